The van der Waals surface area contributed by atoms with Gasteiger partial charge in [-0.1, -0.05) is 29.7 Å². The Bertz CT molecular complexity index is 379. The molecule has 0 aliphatic rings. The van der Waals surface area contributed by atoms with Crippen LogP contribution in [0.4, 0.5) is 0 Å². The van der Waals surface area contributed by atoms with Crippen LogP contribution in [0.2, 0.25) is 0 Å². The van der Waals surface area contributed by atoms with Crippen LogP contribution in [0.15, 0.2) is 42.5 Å². The summed E-state index contributed by atoms with van der Waals surface area (Å²) in [6, 6.07) is 14.4. The monoisotopic (exact) mass is 244 g/mol. The number of hydrogen-bond donors (Lipinski definition) is 0. The van der Waals surface area contributed by atoms with Gasteiger partial charge in [0.1, 0.15) is 0 Å². The second-order valence-electron chi connectivity index (χ2n) is 2.64. The van der Waals surface area contributed by atoms with Gasteiger partial charge in [-0.25, -0.2) is 0 Å². The molecule has 0 heterocycles. The third-order valence-electron chi connectivity index (χ3n) is 1.88. The van der Waals surface area contributed by atoms with Gasteiger partial charge in [0.25, 0.3) is 0 Å². The molecule has 0 fully saturated rings. The molecule has 2 aromatic rings. The molecule has 0 aliphatic carbocycles. The zero-order valence-corrected chi connectivity index (χ0v) is 10.3. The molecular weight excluding hydrogens is 236 g/mol. The van der Waals surface area contributed by atoms with Gasteiger partial charge in [-0.2, -0.15) is 18.6 Å². The number of rotatable bonds is 0. The van der Waals surface area contributed by atoms with Crippen molar-refractivity contribution in [2.75, 3.05) is 0 Å². The largest absolute Gasteiger partial charge is 2.00 e. The van der Waals surface area contributed by atoms with E-state index in [9.17, 15) is 0 Å². The summed E-state index contributed by atoms with van der Waals surface area (Å²) in [5.41, 5.74) is 1.10. The fourth-order valence-electron chi connectivity index (χ4n) is 1.29. The average Bonchev–Trinajstić information content (AvgIpc) is 2.06. The van der Waals surface area contributed by atoms with Crippen LogP contribution in [0.3, 0.4) is 0 Å². The van der Waals surface area contributed by atoms with E-state index in [4.69, 9.17) is 0 Å². The average molecular weight is 245 g/mol. The smallest absolute Gasteiger partial charge is 1.00 e. The Morgan fingerprint density at radius 3 is 2.15 bits per heavy atom. The summed E-state index contributed by atoms with van der Waals surface area (Å²) in [5.74, 6) is 0. The summed E-state index contributed by atoms with van der Waals surface area (Å²) in [7, 11) is 0. The molecule has 13 heavy (non-hydrogen) atoms. The van der Waals surface area contributed by atoms with Crippen LogP contribution < -0.4 is 17.0 Å². The molecule has 0 amide bonds. The van der Waals surface area contributed by atoms with Crippen molar-refractivity contribution in [2.24, 2.45) is 0 Å². The minimum Gasteiger partial charge on any atom is -1.00 e. The normalized spacial score (nSPS) is 8.62. The zero-order valence-electron chi connectivity index (χ0n) is 7.33. The van der Waals surface area contributed by atoms with E-state index in [1.54, 1.807) is 0 Å². The third kappa shape index (κ3) is 2.63. The second kappa shape index (κ2) is 5.53. The molecular formula is C11H9BrMg. The van der Waals surface area contributed by atoms with E-state index < -0.39 is 0 Å². The van der Waals surface area contributed by atoms with Crippen LogP contribution >= 0.6 is 0 Å². The summed E-state index contributed by atoms with van der Waals surface area (Å²) >= 11 is 0. The molecule has 0 aliphatic heterocycles. The minimum absolute atomic E-state index is 0. The maximum atomic E-state index is 3.95. The first-order valence-corrected chi connectivity index (χ1v) is 3.67. The summed E-state index contributed by atoms with van der Waals surface area (Å²) in [6.45, 7) is 3.95. The summed E-state index contributed by atoms with van der Waals surface area (Å²) in [5, 5.41) is 2.51. The molecule has 0 radical (unpaired) electrons. The molecule has 0 atom stereocenters. The molecule has 0 N–H and O–H groups in total. The van der Waals surface area contributed by atoms with Crippen LogP contribution in [0, 0.1) is 6.92 Å². The van der Waals surface area contributed by atoms with Crippen molar-refractivity contribution in [3.05, 3.63) is 55.0 Å². The fourth-order valence-corrected chi connectivity index (χ4v) is 1.29. The molecule has 2 rings (SSSR count). The van der Waals surface area contributed by atoms with Crippen molar-refractivity contribution < 1.29 is 17.0 Å². The van der Waals surface area contributed by atoms with Crippen LogP contribution in [-0.4, -0.2) is 23.1 Å². The minimum atomic E-state index is 0. The zero-order chi connectivity index (χ0) is 7.68. The summed E-state index contributed by atoms with van der Waals surface area (Å²) in [6.07, 6.45) is 0. The molecule has 62 valence electrons. The summed E-state index contributed by atoms with van der Waals surface area (Å²) in [4.78, 5) is 0. The Hall–Kier alpha value is -0.184. The Balaban J connectivity index is 0.000000720. The van der Waals surface area contributed by atoms with Gasteiger partial charge < -0.3 is 17.0 Å². The predicted octanol–water partition coefficient (Wildman–Crippen LogP) is -0.355. The van der Waals surface area contributed by atoms with Gasteiger partial charge in [0.05, 0.1) is 0 Å². The van der Waals surface area contributed by atoms with E-state index in [-0.39, 0.29) is 40.0 Å². The van der Waals surface area contributed by atoms with Crippen molar-refractivity contribution in [2.45, 2.75) is 0 Å². The van der Waals surface area contributed by atoms with Crippen LogP contribution in [0.5, 0.6) is 0 Å². The van der Waals surface area contributed by atoms with E-state index in [0.717, 1.165) is 5.56 Å². The molecule has 0 nitrogen and oxygen atoms in total. The van der Waals surface area contributed by atoms with Gasteiger partial charge in [-0.15, -0.1) is 17.5 Å². The Morgan fingerprint density at radius 1 is 0.846 bits per heavy atom. The molecule has 0 spiro atoms. The number of benzene rings is 2. The van der Waals surface area contributed by atoms with Crippen LogP contribution in [0.25, 0.3) is 10.8 Å². The first-order valence-electron chi connectivity index (χ1n) is 3.67. The molecule has 2 heteroatoms. The van der Waals surface area contributed by atoms with E-state index >= 15 is 0 Å². The van der Waals surface area contributed by atoms with Crippen molar-refractivity contribution in [3.8, 4) is 0 Å². The number of halogens is 1. The molecule has 0 saturated heterocycles. The van der Waals surface area contributed by atoms with Crippen LogP contribution in [0.1, 0.15) is 5.56 Å². The van der Waals surface area contributed by atoms with Gasteiger partial charge in [-0.05, 0) is 0 Å². The Kier molecular flexibility index (Phi) is 5.45. The van der Waals surface area contributed by atoms with Gasteiger partial charge in [0.2, 0.25) is 0 Å². The molecule has 0 bridgehead atoms. The maximum Gasteiger partial charge on any atom is 2.00 e. The maximum absolute atomic E-state index is 3.95. The third-order valence-corrected chi connectivity index (χ3v) is 1.88. The first kappa shape index (κ1) is 12.8. The van der Waals surface area contributed by atoms with E-state index in [2.05, 4.69) is 25.1 Å². The SMILES string of the molecule is [Br-].[CH2-]c1cccc2ccccc12.[Mg+2]. The van der Waals surface area contributed by atoms with Gasteiger partial charge in [0, 0.05) is 0 Å². The van der Waals surface area contributed by atoms with Crippen molar-refractivity contribution in [1.29, 1.82) is 0 Å². The summed E-state index contributed by atoms with van der Waals surface area (Å²) < 4.78 is 0. The molecule has 0 unspecified atom stereocenters. The number of hydrogen-bond acceptors (Lipinski definition) is 0. The fraction of sp³-hybridized carbons (Fsp3) is 0. The Labute approximate surface area is 105 Å². The molecule has 0 saturated carbocycles. The van der Waals surface area contributed by atoms with Crippen molar-refractivity contribution in [1.82, 2.24) is 0 Å². The quantitative estimate of drug-likeness (QED) is 0.439. The second-order valence-corrected chi connectivity index (χ2v) is 2.64. The predicted molar refractivity (Wildman–Crippen MR) is 54.2 cm³/mol. The van der Waals surface area contributed by atoms with Gasteiger partial charge in [0.15, 0.2) is 0 Å². The Morgan fingerprint density at radius 2 is 1.46 bits per heavy atom. The standard InChI is InChI=1S/C11H9.BrH.Mg/c1-9-5-4-7-10-6-2-3-8-11(9)10;;/h2-8H,1H2;1H;/q-1;;+2/p-1. The van der Waals surface area contributed by atoms with Crippen LogP contribution in [-0.2, 0) is 0 Å². The van der Waals surface area contributed by atoms with E-state index in [1.807, 2.05) is 24.3 Å². The number of fused-ring (bicyclic) bond motifs is 1. The molecule has 0 aromatic heterocycles. The van der Waals surface area contributed by atoms with Gasteiger partial charge >= 0.3 is 23.1 Å². The van der Waals surface area contributed by atoms with Gasteiger partial charge in [-0.3, -0.25) is 0 Å². The topological polar surface area (TPSA) is 0 Å². The van der Waals surface area contributed by atoms with Crippen molar-refractivity contribution >= 4 is 33.8 Å². The van der Waals surface area contributed by atoms with E-state index in [0.29, 0.717) is 0 Å². The van der Waals surface area contributed by atoms with E-state index in [1.165, 1.54) is 10.8 Å². The first-order chi connectivity index (χ1) is 5.38. The molecule has 2 aromatic carbocycles. The van der Waals surface area contributed by atoms with Crippen molar-refractivity contribution in [3.63, 3.8) is 0 Å².